The van der Waals surface area contributed by atoms with Gasteiger partial charge in [0, 0.05) is 44.3 Å². The lowest BCUT2D eigenvalue weighted by Crippen LogP contribution is -2.54. The van der Waals surface area contributed by atoms with Crippen molar-refractivity contribution in [1.82, 2.24) is 20.0 Å². The number of hydrogen-bond donors (Lipinski definition) is 1. The van der Waals surface area contributed by atoms with Crippen molar-refractivity contribution in [1.29, 1.82) is 0 Å². The summed E-state index contributed by atoms with van der Waals surface area (Å²) in [6, 6.07) is 7.52. The smallest absolute Gasteiger partial charge is 0.227 e. The quantitative estimate of drug-likeness (QED) is 0.568. The predicted octanol–water partition coefficient (Wildman–Crippen LogP) is 1.94. The number of nitrogens with zero attached hydrogens (tertiary/aromatic N) is 4. The van der Waals surface area contributed by atoms with Gasteiger partial charge < -0.3 is 20.0 Å². The van der Waals surface area contributed by atoms with E-state index in [1.54, 1.807) is 0 Å². The SMILES string of the molecule is CCNC(=NCCN(C)CC)N1CCN(C(=O)Cc2cccc(Cl)c2)CC1. The summed E-state index contributed by atoms with van der Waals surface area (Å²) in [5, 5.41) is 4.05. The van der Waals surface area contributed by atoms with Crippen LogP contribution in [0.1, 0.15) is 19.4 Å². The second-order valence-electron chi connectivity index (χ2n) is 6.81. The molecule has 0 unspecified atom stereocenters. The molecule has 7 heteroatoms. The lowest BCUT2D eigenvalue weighted by atomic mass is 10.1. The minimum Gasteiger partial charge on any atom is -0.357 e. The highest BCUT2D eigenvalue weighted by Crippen LogP contribution is 2.13. The van der Waals surface area contributed by atoms with Crippen molar-refractivity contribution in [3.8, 4) is 0 Å². The Morgan fingerprint density at radius 1 is 1.22 bits per heavy atom. The molecule has 1 fully saturated rings. The number of piperazine rings is 1. The molecular weight excluding hydrogens is 362 g/mol. The van der Waals surface area contributed by atoms with Crippen LogP contribution < -0.4 is 5.32 Å². The minimum atomic E-state index is 0.156. The summed E-state index contributed by atoms with van der Waals surface area (Å²) in [4.78, 5) is 23.8. The van der Waals surface area contributed by atoms with E-state index in [2.05, 4.69) is 36.0 Å². The highest BCUT2D eigenvalue weighted by atomic mass is 35.5. The van der Waals surface area contributed by atoms with Gasteiger partial charge >= 0.3 is 0 Å². The Bertz CT molecular complexity index is 629. The largest absolute Gasteiger partial charge is 0.357 e. The molecule has 150 valence electrons. The molecule has 0 saturated carbocycles. The number of amides is 1. The van der Waals surface area contributed by atoms with Crippen LogP contribution in [0.3, 0.4) is 0 Å². The first-order chi connectivity index (χ1) is 13.0. The van der Waals surface area contributed by atoms with Crippen molar-refractivity contribution in [3.63, 3.8) is 0 Å². The summed E-state index contributed by atoms with van der Waals surface area (Å²) in [5.41, 5.74) is 0.963. The van der Waals surface area contributed by atoms with E-state index in [1.807, 2.05) is 29.2 Å². The number of rotatable bonds is 7. The van der Waals surface area contributed by atoms with Crippen LogP contribution in [0.4, 0.5) is 0 Å². The van der Waals surface area contributed by atoms with E-state index in [9.17, 15) is 4.79 Å². The van der Waals surface area contributed by atoms with Gasteiger partial charge in [-0.05, 0) is 38.2 Å². The lowest BCUT2D eigenvalue weighted by Gasteiger charge is -2.36. The molecule has 1 aromatic rings. The van der Waals surface area contributed by atoms with Crippen LogP contribution in [-0.4, -0.2) is 86.0 Å². The van der Waals surface area contributed by atoms with Crippen LogP contribution in [-0.2, 0) is 11.2 Å². The van der Waals surface area contributed by atoms with Crippen LogP contribution >= 0.6 is 11.6 Å². The Labute approximate surface area is 168 Å². The number of carbonyl (C=O) groups excluding carboxylic acids is 1. The first-order valence-electron chi connectivity index (χ1n) is 9.77. The first kappa shape index (κ1) is 21.5. The number of guanidine groups is 1. The van der Waals surface area contributed by atoms with Gasteiger partial charge in [-0.1, -0.05) is 30.7 Å². The maximum Gasteiger partial charge on any atom is 0.227 e. The molecule has 1 aromatic carbocycles. The van der Waals surface area contributed by atoms with Crippen LogP contribution in [0.5, 0.6) is 0 Å². The highest BCUT2D eigenvalue weighted by molar-refractivity contribution is 6.30. The number of carbonyl (C=O) groups is 1. The Morgan fingerprint density at radius 3 is 2.56 bits per heavy atom. The number of nitrogens with one attached hydrogen (secondary N) is 1. The molecule has 0 radical (unpaired) electrons. The molecule has 1 heterocycles. The zero-order chi connectivity index (χ0) is 19.6. The molecule has 1 saturated heterocycles. The van der Waals surface area contributed by atoms with Gasteiger partial charge in [0.2, 0.25) is 5.91 Å². The van der Waals surface area contributed by atoms with E-state index in [4.69, 9.17) is 16.6 Å². The van der Waals surface area contributed by atoms with Gasteiger partial charge in [-0.15, -0.1) is 0 Å². The van der Waals surface area contributed by atoms with Gasteiger partial charge in [-0.25, -0.2) is 0 Å². The first-order valence-corrected chi connectivity index (χ1v) is 10.1. The van der Waals surface area contributed by atoms with Crippen LogP contribution in [0.15, 0.2) is 29.3 Å². The van der Waals surface area contributed by atoms with Crippen molar-refractivity contribution in [2.24, 2.45) is 4.99 Å². The van der Waals surface area contributed by atoms with Crippen LogP contribution in [0.2, 0.25) is 5.02 Å². The van der Waals surface area contributed by atoms with E-state index in [0.717, 1.165) is 63.9 Å². The Kier molecular flexibility index (Phi) is 8.88. The lowest BCUT2D eigenvalue weighted by molar-refractivity contribution is -0.131. The van der Waals surface area contributed by atoms with E-state index >= 15 is 0 Å². The maximum atomic E-state index is 12.6. The van der Waals surface area contributed by atoms with Crippen LogP contribution in [0, 0.1) is 0 Å². The summed E-state index contributed by atoms with van der Waals surface area (Å²) in [5.74, 6) is 1.10. The number of halogens is 1. The summed E-state index contributed by atoms with van der Waals surface area (Å²) in [6.45, 7) is 10.9. The monoisotopic (exact) mass is 393 g/mol. The third-order valence-electron chi connectivity index (χ3n) is 4.79. The second kappa shape index (κ2) is 11.1. The maximum absolute atomic E-state index is 12.6. The summed E-state index contributed by atoms with van der Waals surface area (Å²) in [7, 11) is 2.10. The number of likely N-dealkylation sites (N-methyl/N-ethyl adjacent to an activating group) is 1. The standard InChI is InChI=1S/C20H32ClN5O/c1-4-22-20(23-9-10-24(3)5-2)26-13-11-25(12-14-26)19(27)16-17-7-6-8-18(21)15-17/h6-8,15H,4-5,9-14,16H2,1-3H3,(H,22,23). The summed E-state index contributed by atoms with van der Waals surface area (Å²) >= 11 is 6.01. The fourth-order valence-corrected chi connectivity index (χ4v) is 3.22. The normalized spacial score (nSPS) is 15.4. The van der Waals surface area contributed by atoms with Gasteiger partial charge in [0.25, 0.3) is 0 Å². The molecule has 1 aliphatic heterocycles. The third-order valence-corrected chi connectivity index (χ3v) is 5.03. The number of benzene rings is 1. The van der Waals surface area contributed by atoms with Crippen molar-refractivity contribution in [3.05, 3.63) is 34.9 Å². The van der Waals surface area contributed by atoms with Crippen molar-refractivity contribution >= 4 is 23.5 Å². The molecule has 1 amide bonds. The summed E-state index contributed by atoms with van der Waals surface area (Å²) < 4.78 is 0. The average Bonchev–Trinajstić information content (AvgIpc) is 2.67. The average molecular weight is 394 g/mol. The third kappa shape index (κ3) is 7.03. The van der Waals surface area contributed by atoms with Crippen LogP contribution in [0.25, 0.3) is 0 Å². The zero-order valence-corrected chi connectivity index (χ0v) is 17.5. The predicted molar refractivity (Wildman–Crippen MR) is 112 cm³/mol. The number of hydrogen-bond acceptors (Lipinski definition) is 3. The molecule has 0 aromatic heterocycles. The van der Waals surface area contributed by atoms with Crippen molar-refractivity contribution in [2.75, 3.05) is 59.4 Å². The van der Waals surface area contributed by atoms with Gasteiger partial charge in [0.1, 0.15) is 0 Å². The molecule has 27 heavy (non-hydrogen) atoms. The Balaban J connectivity index is 1.86. The molecular formula is C20H32ClN5O. The number of aliphatic imine (C=N–C) groups is 1. The molecule has 2 rings (SSSR count). The van der Waals surface area contributed by atoms with E-state index in [1.165, 1.54) is 0 Å². The fraction of sp³-hybridized carbons (Fsp3) is 0.600. The molecule has 6 nitrogen and oxygen atoms in total. The summed E-state index contributed by atoms with van der Waals surface area (Å²) in [6.07, 6.45) is 0.401. The topological polar surface area (TPSA) is 51.2 Å². The van der Waals surface area contributed by atoms with E-state index in [-0.39, 0.29) is 5.91 Å². The van der Waals surface area contributed by atoms with E-state index in [0.29, 0.717) is 11.4 Å². The zero-order valence-electron chi connectivity index (χ0n) is 16.7. The van der Waals surface area contributed by atoms with E-state index < -0.39 is 0 Å². The highest BCUT2D eigenvalue weighted by Gasteiger charge is 2.23. The molecule has 1 aliphatic rings. The Morgan fingerprint density at radius 2 is 1.93 bits per heavy atom. The van der Waals surface area contributed by atoms with Crippen molar-refractivity contribution in [2.45, 2.75) is 20.3 Å². The molecule has 0 spiro atoms. The van der Waals surface area contributed by atoms with Crippen molar-refractivity contribution < 1.29 is 4.79 Å². The molecule has 0 atom stereocenters. The Hall–Kier alpha value is -1.79. The van der Waals surface area contributed by atoms with Gasteiger partial charge in [-0.2, -0.15) is 0 Å². The fourth-order valence-electron chi connectivity index (χ4n) is 3.01. The molecule has 1 N–H and O–H groups in total. The van der Waals surface area contributed by atoms with Gasteiger partial charge in [0.05, 0.1) is 13.0 Å². The molecule has 0 aliphatic carbocycles. The molecule has 0 bridgehead atoms. The van der Waals surface area contributed by atoms with Gasteiger partial charge in [-0.3, -0.25) is 9.79 Å². The second-order valence-corrected chi connectivity index (χ2v) is 7.24. The van der Waals surface area contributed by atoms with Gasteiger partial charge in [0.15, 0.2) is 5.96 Å². The minimum absolute atomic E-state index is 0.156.